The number of benzene rings is 3. The number of benzodiazepines with no additional fused rings is 1. The highest BCUT2D eigenvalue weighted by molar-refractivity contribution is 7.80. The maximum Gasteiger partial charge on any atom is 0.272 e. The van der Waals surface area contributed by atoms with Crippen LogP contribution in [0.5, 0.6) is 0 Å². The zero-order chi connectivity index (χ0) is 22.7. The Kier molecular flexibility index (Phi) is 6.48. The van der Waals surface area contributed by atoms with Gasteiger partial charge in [0.15, 0.2) is 5.11 Å². The summed E-state index contributed by atoms with van der Waals surface area (Å²) >= 11 is 11.7. The van der Waals surface area contributed by atoms with E-state index in [0.29, 0.717) is 23.0 Å². The van der Waals surface area contributed by atoms with Crippen LogP contribution in [0.4, 0.5) is 10.1 Å². The van der Waals surface area contributed by atoms with E-state index in [9.17, 15) is 9.18 Å². The van der Waals surface area contributed by atoms with Crippen LogP contribution in [0.1, 0.15) is 16.7 Å². The Bertz CT molecular complexity index is 1200. The molecular weight excluding hydrogens is 447 g/mol. The van der Waals surface area contributed by atoms with Crippen molar-refractivity contribution in [1.82, 2.24) is 10.6 Å². The van der Waals surface area contributed by atoms with E-state index in [0.717, 1.165) is 16.7 Å². The van der Waals surface area contributed by atoms with Gasteiger partial charge in [-0.05, 0) is 48.1 Å². The smallest absolute Gasteiger partial charge is 0.272 e. The highest BCUT2D eigenvalue weighted by Gasteiger charge is 2.30. The average molecular weight is 467 g/mol. The van der Waals surface area contributed by atoms with Gasteiger partial charge in [0.25, 0.3) is 5.91 Å². The Hall–Kier alpha value is -3.29. The first kappa shape index (κ1) is 21.9. The van der Waals surface area contributed by atoms with E-state index in [1.54, 1.807) is 37.4 Å². The number of thiocarbonyl (C=S) groups is 1. The molecule has 0 spiro atoms. The van der Waals surface area contributed by atoms with Crippen LogP contribution in [-0.4, -0.2) is 29.9 Å². The second-order valence-electron chi connectivity index (χ2n) is 7.26. The highest BCUT2D eigenvalue weighted by atomic mass is 35.5. The molecule has 5 nitrogen and oxygen atoms in total. The molecule has 32 heavy (non-hydrogen) atoms. The van der Waals surface area contributed by atoms with Crippen molar-refractivity contribution in [2.75, 3.05) is 11.9 Å². The van der Waals surface area contributed by atoms with Crippen molar-refractivity contribution in [1.29, 1.82) is 0 Å². The van der Waals surface area contributed by atoms with E-state index in [1.807, 2.05) is 30.3 Å². The van der Waals surface area contributed by atoms with E-state index in [-0.39, 0.29) is 16.8 Å². The number of fused-ring (bicyclic) bond motifs is 1. The SMILES string of the molecule is CN1C(=O)C(NC(=S)NCc2cccc(F)c2)N=C(c2ccccc2)c2cc(Cl)ccc21. The van der Waals surface area contributed by atoms with Gasteiger partial charge in [-0.15, -0.1) is 0 Å². The largest absolute Gasteiger partial charge is 0.359 e. The number of carbonyl (C=O) groups is 1. The van der Waals surface area contributed by atoms with Crippen LogP contribution < -0.4 is 15.5 Å². The fourth-order valence-corrected chi connectivity index (χ4v) is 3.83. The van der Waals surface area contributed by atoms with Gasteiger partial charge in [-0.1, -0.05) is 54.1 Å². The second kappa shape index (κ2) is 9.46. The normalized spacial score (nSPS) is 15.5. The predicted octanol–water partition coefficient (Wildman–Crippen LogP) is 4.28. The van der Waals surface area contributed by atoms with Gasteiger partial charge in [0.2, 0.25) is 6.17 Å². The fourth-order valence-electron chi connectivity index (χ4n) is 3.47. The number of nitrogens with zero attached hydrogens (tertiary/aromatic N) is 2. The molecule has 0 aromatic heterocycles. The molecule has 3 aromatic rings. The first-order valence-corrected chi connectivity index (χ1v) is 10.7. The first-order valence-electron chi connectivity index (χ1n) is 9.92. The molecule has 0 fully saturated rings. The highest BCUT2D eigenvalue weighted by Crippen LogP contribution is 2.29. The number of likely N-dealkylation sites (N-methyl/N-ethyl adjacent to an activating group) is 1. The lowest BCUT2D eigenvalue weighted by atomic mass is 10.0. The molecule has 0 aliphatic carbocycles. The second-order valence-corrected chi connectivity index (χ2v) is 8.11. The van der Waals surface area contributed by atoms with Crippen molar-refractivity contribution in [3.63, 3.8) is 0 Å². The minimum absolute atomic E-state index is 0.237. The number of hydrogen-bond donors (Lipinski definition) is 2. The van der Waals surface area contributed by atoms with E-state index < -0.39 is 6.17 Å². The third-order valence-electron chi connectivity index (χ3n) is 5.05. The van der Waals surface area contributed by atoms with Crippen LogP contribution in [0.3, 0.4) is 0 Å². The monoisotopic (exact) mass is 466 g/mol. The van der Waals surface area contributed by atoms with Crippen LogP contribution in [0.15, 0.2) is 77.8 Å². The van der Waals surface area contributed by atoms with Crippen molar-refractivity contribution in [3.05, 3.63) is 100 Å². The van der Waals surface area contributed by atoms with Crippen LogP contribution in [-0.2, 0) is 11.3 Å². The van der Waals surface area contributed by atoms with Crippen molar-refractivity contribution < 1.29 is 9.18 Å². The molecule has 162 valence electrons. The minimum atomic E-state index is -0.950. The van der Waals surface area contributed by atoms with Gasteiger partial charge in [0.05, 0.1) is 11.4 Å². The maximum absolute atomic E-state index is 13.4. The summed E-state index contributed by atoms with van der Waals surface area (Å²) in [5, 5.41) is 6.78. The summed E-state index contributed by atoms with van der Waals surface area (Å²) in [6.45, 7) is 0.311. The van der Waals surface area contributed by atoms with Gasteiger partial charge >= 0.3 is 0 Å². The number of nitrogens with one attached hydrogen (secondary N) is 2. The number of aliphatic imine (C=N–C) groups is 1. The third-order valence-corrected chi connectivity index (χ3v) is 5.55. The van der Waals surface area contributed by atoms with Crippen molar-refractivity contribution in [3.8, 4) is 0 Å². The van der Waals surface area contributed by atoms with Crippen molar-refractivity contribution in [2.45, 2.75) is 12.7 Å². The summed E-state index contributed by atoms with van der Waals surface area (Å²) in [4.78, 5) is 19.5. The Morgan fingerprint density at radius 3 is 2.66 bits per heavy atom. The fraction of sp³-hybridized carbons (Fsp3) is 0.125. The average Bonchev–Trinajstić information content (AvgIpc) is 2.89. The van der Waals surface area contributed by atoms with Gasteiger partial charge in [-0.25, -0.2) is 9.38 Å². The lowest BCUT2D eigenvalue weighted by Gasteiger charge is -2.22. The Morgan fingerprint density at radius 1 is 1.12 bits per heavy atom. The molecule has 2 N–H and O–H groups in total. The summed E-state index contributed by atoms with van der Waals surface area (Å²) in [6.07, 6.45) is -0.950. The molecule has 1 atom stereocenters. The molecule has 1 heterocycles. The molecule has 1 aliphatic rings. The van der Waals surface area contributed by atoms with Crippen LogP contribution >= 0.6 is 23.8 Å². The number of rotatable bonds is 4. The van der Waals surface area contributed by atoms with Crippen molar-refractivity contribution >= 4 is 46.2 Å². The zero-order valence-corrected chi connectivity index (χ0v) is 18.8. The standard InChI is InChI=1S/C24H20ClFN4OS/c1-30-20-11-10-17(25)13-19(20)21(16-7-3-2-4-8-16)28-22(23(30)31)29-24(32)27-14-15-6-5-9-18(26)12-15/h2-13,22H,14H2,1H3,(H2,27,29,32). The lowest BCUT2D eigenvalue weighted by molar-refractivity contribution is -0.119. The molecule has 1 amide bonds. The van der Waals surface area contributed by atoms with Crippen molar-refractivity contribution in [2.24, 2.45) is 4.99 Å². The van der Waals surface area contributed by atoms with Gasteiger partial charge in [0.1, 0.15) is 5.82 Å². The Balaban J connectivity index is 1.63. The maximum atomic E-state index is 13.4. The predicted molar refractivity (Wildman–Crippen MR) is 130 cm³/mol. The number of carbonyl (C=O) groups excluding carboxylic acids is 1. The molecule has 1 aliphatic heterocycles. The Labute approximate surface area is 195 Å². The summed E-state index contributed by atoms with van der Waals surface area (Å²) in [7, 11) is 1.69. The quantitative estimate of drug-likeness (QED) is 0.563. The minimum Gasteiger partial charge on any atom is -0.359 e. The van der Waals surface area contributed by atoms with Crippen LogP contribution in [0, 0.1) is 5.82 Å². The summed E-state index contributed by atoms with van der Waals surface area (Å²) in [6, 6.07) is 21.2. The Morgan fingerprint density at radius 2 is 1.91 bits per heavy atom. The molecule has 3 aromatic carbocycles. The lowest BCUT2D eigenvalue weighted by Crippen LogP contribution is -2.49. The van der Waals surface area contributed by atoms with Gasteiger partial charge in [-0.3, -0.25) is 4.79 Å². The molecule has 0 bridgehead atoms. The number of hydrogen-bond acceptors (Lipinski definition) is 3. The van der Waals surface area contributed by atoms with Crippen LogP contribution in [0.2, 0.25) is 5.02 Å². The van der Waals surface area contributed by atoms with E-state index in [1.165, 1.54) is 17.0 Å². The first-order chi connectivity index (χ1) is 15.4. The molecule has 1 unspecified atom stereocenters. The van der Waals surface area contributed by atoms with E-state index >= 15 is 0 Å². The third kappa shape index (κ3) is 4.79. The summed E-state index contributed by atoms with van der Waals surface area (Å²) in [5.41, 5.74) is 3.66. The van der Waals surface area contributed by atoms with Crippen LogP contribution in [0.25, 0.3) is 0 Å². The summed E-state index contributed by atoms with van der Waals surface area (Å²) in [5.74, 6) is -0.591. The topological polar surface area (TPSA) is 56.7 Å². The molecule has 4 rings (SSSR count). The van der Waals surface area contributed by atoms with Gasteiger partial charge in [-0.2, -0.15) is 0 Å². The van der Waals surface area contributed by atoms with E-state index in [4.69, 9.17) is 28.8 Å². The molecule has 0 saturated carbocycles. The van der Waals surface area contributed by atoms with Gasteiger partial charge < -0.3 is 15.5 Å². The number of anilines is 1. The molecule has 0 saturated heterocycles. The van der Waals surface area contributed by atoms with E-state index in [2.05, 4.69) is 10.6 Å². The zero-order valence-electron chi connectivity index (χ0n) is 17.2. The summed E-state index contributed by atoms with van der Waals surface area (Å²) < 4.78 is 13.4. The molecule has 0 radical (unpaired) electrons. The number of halogens is 2. The van der Waals surface area contributed by atoms with Gasteiger partial charge in [0, 0.05) is 29.7 Å². The molecule has 8 heteroatoms. The molecular formula is C24H20ClFN4OS. The number of amides is 1.